The average molecular weight is 521 g/mol. The third kappa shape index (κ3) is 14.7. The Bertz CT molecular complexity index is 1100. The fraction of sp³-hybridized carbons (Fsp3) is 0.387. The van der Waals surface area contributed by atoms with Crippen LogP contribution in [0, 0.1) is 25.7 Å². The van der Waals surface area contributed by atoms with Crippen LogP contribution in [0.15, 0.2) is 65.6 Å². The van der Waals surface area contributed by atoms with Crippen molar-refractivity contribution in [1.29, 1.82) is 0 Å². The van der Waals surface area contributed by atoms with E-state index in [2.05, 4.69) is 64.1 Å². The zero-order chi connectivity index (χ0) is 28.0. The molecule has 1 heterocycles. The Kier molecular flexibility index (Phi) is 17.3. The molecule has 2 aromatic carbocycles. The van der Waals surface area contributed by atoms with E-state index in [0.717, 1.165) is 29.4 Å². The van der Waals surface area contributed by atoms with Gasteiger partial charge in [0, 0.05) is 50.5 Å². The lowest BCUT2D eigenvalue weighted by molar-refractivity contribution is -0.138. The van der Waals surface area contributed by atoms with Crippen LogP contribution in [0.4, 0.5) is 0 Å². The van der Waals surface area contributed by atoms with E-state index in [1.165, 1.54) is 31.2 Å². The van der Waals surface area contributed by atoms with E-state index in [1.807, 2.05) is 36.4 Å². The fourth-order valence-electron chi connectivity index (χ4n) is 2.85. The summed E-state index contributed by atoms with van der Waals surface area (Å²) in [4.78, 5) is 10.3. The van der Waals surface area contributed by atoms with Gasteiger partial charge in [0.05, 0.1) is 6.61 Å². The number of carbonyl (C=O) groups is 1. The zero-order valence-corrected chi connectivity index (χ0v) is 23.3. The predicted octanol–water partition coefficient (Wildman–Crippen LogP) is 6.33. The van der Waals surface area contributed by atoms with Gasteiger partial charge in [0.1, 0.15) is 6.61 Å². The molecule has 0 unspecified atom stereocenters. The van der Waals surface area contributed by atoms with Crippen molar-refractivity contribution in [3.63, 3.8) is 0 Å². The Labute approximate surface area is 227 Å². The summed E-state index contributed by atoms with van der Waals surface area (Å²) in [6.07, 6.45) is 6.33. The van der Waals surface area contributed by atoms with Crippen LogP contribution < -0.4 is 0 Å². The van der Waals surface area contributed by atoms with Crippen molar-refractivity contribution in [2.75, 3.05) is 34.0 Å². The highest BCUT2D eigenvalue weighted by Gasteiger charge is 2.04. The molecule has 7 heteroatoms. The van der Waals surface area contributed by atoms with Gasteiger partial charge < -0.3 is 18.6 Å². The van der Waals surface area contributed by atoms with Crippen LogP contribution in [0.2, 0.25) is 0 Å². The Morgan fingerprint density at radius 1 is 0.868 bits per heavy atom. The smallest absolute Gasteiger partial charge is 0.330 e. The van der Waals surface area contributed by atoms with E-state index in [9.17, 15) is 4.79 Å². The third-order valence-corrected chi connectivity index (χ3v) is 4.96. The number of rotatable bonds is 10. The summed E-state index contributed by atoms with van der Waals surface area (Å²) in [5, 5.41) is 7.82. The second-order valence-corrected chi connectivity index (χ2v) is 8.24. The number of nitrogens with zero attached hydrogens (tertiary/aromatic N) is 2. The van der Waals surface area contributed by atoms with Crippen molar-refractivity contribution < 1.29 is 23.4 Å². The molecule has 0 N–H and O–H groups in total. The Morgan fingerprint density at radius 2 is 1.47 bits per heavy atom. The standard InChI is InChI=1S/C18H14N2O.C7H16O.C6H10O3/c1-13-3-5-15(6-4-13)7-8-16-9-11-17(12-10-16)18-20-19-14(2)21-18;1-3-4-5-6-7-8-2;1-3-6(7)9-5-4-8-2/h3-6,9-12H,1-2H3;3-7H2,1-2H3;3H,1,4-5H2,2H3. The molecule has 38 heavy (non-hydrogen) atoms. The predicted molar refractivity (Wildman–Crippen MR) is 151 cm³/mol. The van der Waals surface area contributed by atoms with Gasteiger partial charge in [-0.15, -0.1) is 10.2 Å². The number of unbranched alkanes of at least 4 members (excludes halogenated alkanes) is 3. The molecule has 0 atom stereocenters. The highest BCUT2D eigenvalue weighted by molar-refractivity contribution is 5.81. The lowest BCUT2D eigenvalue weighted by Gasteiger charge is -1.98. The van der Waals surface area contributed by atoms with Crippen molar-refractivity contribution in [2.45, 2.75) is 46.5 Å². The summed E-state index contributed by atoms with van der Waals surface area (Å²) in [6.45, 7) is 10.9. The number of hydrogen-bond donors (Lipinski definition) is 0. The fourth-order valence-corrected chi connectivity index (χ4v) is 2.85. The van der Waals surface area contributed by atoms with E-state index in [0.29, 0.717) is 25.0 Å². The van der Waals surface area contributed by atoms with Crippen molar-refractivity contribution >= 4 is 5.97 Å². The van der Waals surface area contributed by atoms with Gasteiger partial charge in [0.25, 0.3) is 0 Å². The first-order valence-corrected chi connectivity index (χ1v) is 12.7. The van der Waals surface area contributed by atoms with E-state index >= 15 is 0 Å². The number of carbonyl (C=O) groups excluding carboxylic acids is 1. The molecule has 3 aromatic rings. The second-order valence-electron chi connectivity index (χ2n) is 8.24. The normalized spacial score (nSPS) is 9.61. The maximum atomic E-state index is 10.3. The van der Waals surface area contributed by atoms with Crippen LogP contribution >= 0.6 is 0 Å². The lowest BCUT2D eigenvalue weighted by Crippen LogP contribution is -2.06. The summed E-state index contributed by atoms with van der Waals surface area (Å²) in [5.74, 6) is 6.98. The number of hydrogen-bond acceptors (Lipinski definition) is 7. The maximum Gasteiger partial charge on any atom is 0.330 e. The summed E-state index contributed by atoms with van der Waals surface area (Å²) >= 11 is 0. The first-order valence-electron chi connectivity index (χ1n) is 12.7. The van der Waals surface area contributed by atoms with Gasteiger partial charge in [-0.3, -0.25) is 0 Å². The molecule has 1 aromatic heterocycles. The molecule has 0 fully saturated rings. The van der Waals surface area contributed by atoms with Crippen molar-refractivity contribution in [2.24, 2.45) is 0 Å². The molecule has 0 aliphatic carbocycles. The third-order valence-electron chi connectivity index (χ3n) is 4.96. The number of methoxy groups -OCH3 is 2. The Morgan fingerprint density at radius 3 is 1.97 bits per heavy atom. The number of benzene rings is 2. The molecular weight excluding hydrogens is 480 g/mol. The molecule has 0 bridgehead atoms. The highest BCUT2D eigenvalue weighted by Crippen LogP contribution is 2.17. The summed E-state index contributed by atoms with van der Waals surface area (Å²) in [7, 11) is 3.30. The van der Waals surface area contributed by atoms with Gasteiger partial charge >= 0.3 is 5.97 Å². The van der Waals surface area contributed by atoms with E-state index in [4.69, 9.17) is 9.15 Å². The monoisotopic (exact) mass is 520 g/mol. The SMILES string of the molecule is C=CC(=O)OCCOC.CCCCCCOC.Cc1ccc(C#Cc2ccc(-c3nnc(C)o3)cc2)cc1. The number of aryl methyl sites for hydroxylation is 2. The van der Waals surface area contributed by atoms with Gasteiger partial charge in [-0.2, -0.15) is 0 Å². The number of aromatic nitrogens is 2. The molecule has 0 aliphatic rings. The molecule has 0 saturated heterocycles. The number of ether oxygens (including phenoxy) is 3. The van der Waals surface area contributed by atoms with E-state index < -0.39 is 5.97 Å². The minimum absolute atomic E-state index is 0.293. The lowest BCUT2D eigenvalue weighted by atomic mass is 10.1. The molecule has 204 valence electrons. The molecule has 0 aliphatic heterocycles. The van der Waals surface area contributed by atoms with Gasteiger partial charge in [-0.05, 0) is 49.7 Å². The maximum absolute atomic E-state index is 10.3. The topological polar surface area (TPSA) is 83.7 Å². The Hall–Kier alpha value is -3.73. The molecule has 0 radical (unpaired) electrons. The minimum Gasteiger partial charge on any atom is -0.460 e. The van der Waals surface area contributed by atoms with Crippen LogP contribution in [0.25, 0.3) is 11.5 Å². The Balaban J connectivity index is 0.000000354. The number of esters is 1. The first-order chi connectivity index (χ1) is 18.4. The van der Waals surface area contributed by atoms with Crippen LogP contribution in [0.3, 0.4) is 0 Å². The quantitative estimate of drug-likeness (QED) is 0.134. The van der Waals surface area contributed by atoms with Crippen LogP contribution in [-0.4, -0.2) is 50.2 Å². The minimum atomic E-state index is -0.410. The van der Waals surface area contributed by atoms with E-state index in [-0.39, 0.29) is 0 Å². The van der Waals surface area contributed by atoms with Gasteiger partial charge in [-0.1, -0.05) is 62.3 Å². The summed E-state index contributed by atoms with van der Waals surface area (Å²) < 4.78 is 19.5. The second kappa shape index (κ2) is 20.3. The average Bonchev–Trinajstić information content (AvgIpc) is 3.38. The van der Waals surface area contributed by atoms with Crippen molar-refractivity contribution in [1.82, 2.24) is 10.2 Å². The van der Waals surface area contributed by atoms with Crippen molar-refractivity contribution in [3.05, 3.63) is 83.8 Å². The van der Waals surface area contributed by atoms with Crippen LogP contribution in [0.1, 0.15) is 55.2 Å². The van der Waals surface area contributed by atoms with E-state index in [1.54, 1.807) is 21.1 Å². The molecule has 0 saturated carbocycles. The first kappa shape index (κ1) is 32.3. The van der Waals surface area contributed by atoms with Crippen LogP contribution in [-0.2, 0) is 19.0 Å². The van der Waals surface area contributed by atoms with Gasteiger partial charge in [0.2, 0.25) is 11.8 Å². The molecular formula is C31H40N2O5. The highest BCUT2D eigenvalue weighted by atomic mass is 16.6. The zero-order valence-electron chi connectivity index (χ0n) is 23.3. The van der Waals surface area contributed by atoms with Crippen molar-refractivity contribution in [3.8, 4) is 23.3 Å². The van der Waals surface area contributed by atoms with Crippen LogP contribution in [0.5, 0.6) is 0 Å². The van der Waals surface area contributed by atoms with Gasteiger partial charge in [0.15, 0.2) is 0 Å². The molecule has 3 rings (SSSR count). The van der Waals surface area contributed by atoms with Gasteiger partial charge in [-0.25, -0.2) is 4.79 Å². The molecule has 0 amide bonds. The summed E-state index contributed by atoms with van der Waals surface area (Å²) in [5.41, 5.74) is 4.10. The largest absolute Gasteiger partial charge is 0.460 e. The molecule has 7 nitrogen and oxygen atoms in total. The summed E-state index contributed by atoms with van der Waals surface area (Å²) in [6, 6.07) is 16.0. The molecule has 0 spiro atoms.